The molecule has 0 spiro atoms. The summed E-state index contributed by atoms with van der Waals surface area (Å²) in [6.07, 6.45) is 3.21. The molecule has 0 unspecified atom stereocenters. The molecule has 0 amide bonds. The first-order valence-corrected chi connectivity index (χ1v) is 6.49. The molecule has 0 aromatic carbocycles. The van der Waals surface area contributed by atoms with Gasteiger partial charge in [-0.1, -0.05) is 12.7 Å². The van der Waals surface area contributed by atoms with Crippen molar-refractivity contribution in [1.29, 1.82) is 0 Å². The minimum atomic E-state index is -2.88. The Morgan fingerprint density at radius 3 is 2.40 bits per heavy atom. The van der Waals surface area contributed by atoms with E-state index < -0.39 is 9.84 Å². The van der Waals surface area contributed by atoms with E-state index in [0.29, 0.717) is 18.9 Å². The van der Waals surface area contributed by atoms with Gasteiger partial charge in [0.15, 0.2) is 9.84 Å². The molecule has 1 heterocycles. The fraction of sp³-hybridized carbons (Fsp3) is 0.556. The molecule has 0 bridgehead atoms. The van der Waals surface area contributed by atoms with Crippen molar-refractivity contribution in [2.45, 2.75) is 0 Å². The average molecular weight is 232 g/mol. The quantitative estimate of drug-likeness (QED) is 0.551. The second-order valence-electron chi connectivity index (χ2n) is 3.42. The molecule has 0 aliphatic carbocycles. The smallest absolute Gasteiger partial charge is 0.153 e. The summed E-state index contributed by atoms with van der Waals surface area (Å²) in [6, 6.07) is 0. The predicted molar refractivity (Wildman–Crippen MR) is 58.1 cm³/mol. The van der Waals surface area contributed by atoms with Gasteiger partial charge in [-0.2, -0.15) is 0 Å². The third-order valence-corrected chi connectivity index (χ3v) is 3.88. The van der Waals surface area contributed by atoms with Gasteiger partial charge in [0.2, 0.25) is 0 Å². The maximum absolute atomic E-state index is 11.2. The van der Waals surface area contributed by atoms with E-state index in [1.165, 1.54) is 7.05 Å². The Balaban J connectivity index is 2.73. The van der Waals surface area contributed by atoms with Crippen LogP contribution in [0.4, 0.5) is 0 Å². The van der Waals surface area contributed by atoms with Gasteiger partial charge in [-0.05, 0) is 6.08 Å². The third-order valence-electron chi connectivity index (χ3n) is 2.27. The summed E-state index contributed by atoms with van der Waals surface area (Å²) < 4.78 is 22.4. The van der Waals surface area contributed by atoms with Crippen LogP contribution >= 0.6 is 0 Å². The molecule has 0 radical (unpaired) electrons. The Kier molecular flexibility index (Phi) is 3.76. The van der Waals surface area contributed by atoms with Crippen LogP contribution in [0.2, 0.25) is 0 Å². The molecular formula is C9H16N2O3S. The first-order valence-electron chi connectivity index (χ1n) is 4.67. The summed E-state index contributed by atoms with van der Waals surface area (Å²) in [4.78, 5) is 1.82. The van der Waals surface area contributed by atoms with Crippen LogP contribution in [0.15, 0.2) is 24.6 Å². The molecular weight excluding hydrogens is 216 g/mol. The van der Waals surface area contributed by atoms with E-state index in [1.54, 1.807) is 12.2 Å². The first kappa shape index (κ1) is 12.1. The second-order valence-corrected chi connectivity index (χ2v) is 5.73. The van der Waals surface area contributed by atoms with E-state index in [2.05, 4.69) is 6.58 Å². The summed E-state index contributed by atoms with van der Waals surface area (Å²) in [5.41, 5.74) is 0. The Labute approximate surface area is 90.2 Å². The van der Waals surface area contributed by atoms with Crippen LogP contribution in [0.5, 0.6) is 0 Å². The zero-order chi connectivity index (χ0) is 11.5. The highest BCUT2D eigenvalue weighted by molar-refractivity contribution is 7.91. The number of hydrogen-bond donors (Lipinski definition) is 1. The Morgan fingerprint density at radius 2 is 2.00 bits per heavy atom. The fourth-order valence-electron chi connectivity index (χ4n) is 1.46. The van der Waals surface area contributed by atoms with Crippen LogP contribution in [-0.4, -0.2) is 55.2 Å². The van der Waals surface area contributed by atoms with Crippen molar-refractivity contribution in [2.24, 2.45) is 0 Å². The minimum absolute atomic E-state index is 0.134. The lowest BCUT2D eigenvalue weighted by atomic mass is 10.4. The van der Waals surface area contributed by atoms with Crippen molar-refractivity contribution in [1.82, 2.24) is 9.96 Å². The second kappa shape index (κ2) is 4.67. The van der Waals surface area contributed by atoms with Crippen LogP contribution in [0.3, 0.4) is 0 Å². The molecule has 5 nitrogen and oxygen atoms in total. The third kappa shape index (κ3) is 3.24. The Bertz CT molecular complexity index is 346. The van der Waals surface area contributed by atoms with Crippen molar-refractivity contribution in [2.75, 3.05) is 31.6 Å². The van der Waals surface area contributed by atoms with Gasteiger partial charge >= 0.3 is 0 Å². The van der Waals surface area contributed by atoms with Gasteiger partial charge in [0, 0.05) is 20.1 Å². The van der Waals surface area contributed by atoms with Gasteiger partial charge < -0.3 is 4.90 Å². The zero-order valence-electron chi connectivity index (χ0n) is 8.76. The number of sulfone groups is 1. The normalized spacial score (nSPS) is 21.2. The largest absolute Gasteiger partial charge is 0.355 e. The fourth-order valence-corrected chi connectivity index (χ4v) is 2.67. The molecule has 1 saturated heterocycles. The molecule has 0 saturated carbocycles. The molecule has 1 aliphatic rings. The molecule has 15 heavy (non-hydrogen) atoms. The summed E-state index contributed by atoms with van der Waals surface area (Å²) in [6.45, 7) is 4.37. The lowest BCUT2D eigenvalue weighted by molar-refractivity contribution is -0.0558. The molecule has 1 N–H and O–H groups in total. The van der Waals surface area contributed by atoms with E-state index in [4.69, 9.17) is 0 Å². The lowest BCUT2D eigenvalue weighted by Crippen LogP contribution is -2.42. The summed E-state index contributed by atoms with van der Waals surface area (Å²) >= 11 is 0. The Hall–Kier alpha value is -1.01. The maximum Gasteiger partial charge on any atom is 0.153 e. The molecule has 1 aliphatic heterocycles. The highest BCUT2D eigenvalue weighted by Crippen LogP contribution is 2.12. The van der Waals surface area contributed by atoms with Gasteiger partial charge in [0.1, 0.15) is 5.82 Å². The van der Waals surface area contributed by atoms with Gasteiger partial charge in [-0.15, -0.1) is 0 Å². The van der Waals surface area contributed by atoms with Crippen molar-refractivity contribution >= 4 is 9.84 Å². The van der Waals surface area contributed by atoms with E-state index in [1.807, 2.05) is 4.90 Å². The topological polar surface area (TPSA) is 60.9 Å². The van der Waals surface area contributed by atoms with Crippen molar-refractivity contribution in [3.8, 4) is 0 Å². The number of hydrogen-bond acceptors (Lipinski definition) is 5. The molecule has 0 aromatic rings. The molecule has 6 heteroatoms. The predicted octanol–water partition coefficient (Wildman–Crippen LogP) is 0.0652. The summed E-state index contributed by atoms with van der Waals surface area (Å²) in [7, 11) is -1.39. The molecule has 1 fully saturated rings. The number of hydroxylamine groups is 2. The standard InChI is InChI=1S/C9H16N2O3S/c1-3-4-9(10(2)12)11-5-7-15(13,14)8-6-11/h3-4,12H,1,5-8H2,2H3/b9-4+. The molecule has 0 aromatic heterocycles. The number of allylic oxidation sites excluding steroid dienone is 2. The Morgan fingerprint density at radius 1 is 1.47 bits per heavy atom. The van der Waals surface area contributed by atoms with Gasteiger partial charge in [0.05, 0.1) is 11.5 Å². The van der Waals surface area contributed by atoms with Crippen LogP contribution in [0, 0.1) is 0 Å². The van der Waals surface area contributed by atoms with E-state index in [-0.39, 0.29) is 11.5 Å². The average Bonchev–Trinajstić information content (AvgIpc) is 2.14. The van der Waals surface area contributed by atoms with E-state index in [9.17, 15) is 13.6 Å². The van der Waals surface area contributed by atoms with Crippen LogP contribution in [0.25, 0.3) is 0 Å². The number of rotatable bonds is 3. The SMILES string of the molecule is C=C/C=C(\N(C)O)N1CCS(=O)(=O)CC1. The highest BCUT2D eigenvalue weighted by atomic mass is 32.2. The van der Waals surface area contributed by atoms with E-state index in [0.717, 1.165) is 5.06 Å². The van der Waals surface area contributed by atoms with Gasteiger partial charge in [-0.25, -0.2) is 13.5 Å². The van der Waals surface area contributed by atoms with Crippen LogP contribution < -0.4 is 0 Å². The van der Waals surface area contributed by atoms with Crippen LogP contribution in [-0.2, 0) is 9.84 Å². The van der Waals surface area contributed by atoms with Crippen molar-refractivity contribution < 1.29 is 13.6 Å². The van der Waals surface area contributed by atoms with Gasteiger partial charge in [0.25, 0.3) is 0 Å². The van der Waals surface area contributed by atoms with Crippen molar-refractivity contribution in [3.63, 3.8) is 0 Å². The number of nitrogens with zero attached hydrogens (tertiary/aromatic N) is 2. The monoisotopic (exact) mass is 232 g/mol. The molecule has 0 atom stereocenters. The molecule has 1 rings (SSSR count). The summed E-state index contributed by atoms with van der Waals surface area (Å²) in [5, 5.41) is 10.3. The van der Waals surface area contributed by atoms with Gasteiger partial charge in [-0.3, -0.25) is 5.21 Å². The molecule has 86 valence electrons. The van der Waals surface area contributed by atoms with Crippen molar-refractivity contribution in [3.05, 3.63) is 24.6 Å². The minimum Gasteiger partial charge on any atom is -0.355 e. The summed E-state index contributed by atoms with van der Waals surface area (Å²) in [5.74, 6) is 0.838. The van der Waals surface area contributed by atoms with E-state index >= 15 is 0 Å². The van der Waals surface area contributed by atoms with Crippen LogP contribution in [0.1, 0.15) is 0 Å². The first-order chi connectivity index (χ1) is 6.96. The zero-order valence-corrected chi connectivity index (χ0v) is 9.57. The maximum atomic E-state index is 11.2. The highest BCUT2D eigenvalue weighted by Gasteiger charge is 2.23. The lowest BCUT2D eigenvalue weighted by Gasteiger charge is -2.33.